The van der Waals surface area contributed by atoms with E-state index in [1.165, 1.54) is 16.7 Å². The van der Waals surface area contributed by atoms with Gasteiger partial charge in [-0.15, -0.1) is 11.8 Å². The maximum absolute atomic E-state index is 12.4. The number of hydrogen-bond donors (Lipinski definition) is 2. The highest BCUT2D eigenvalue weighted by Gasteiger charge is 2.41. The molecule has 1 aromatic heterocycles. The van der Waals surface area contributed by atoms with Crippen LogP contribution in [0.25, 0.3) is 10.9 Å². The zero-order valence-corrected chi connectivity index (χ0v) is 23.0. The molecule has 6 nitrogen and oxygen atoms in total. The van der Waals surface area contributed by atoms with E-state index in [-0.39, 0.29) is 0 Å². The molecule has 0 bridgehead atoms. The van der Waals surface area contributed by atoms with Crippen molar-refractivity contribution in [1.29, 1.82) is 0 Å². The maximum atomic E-state index is 12.4. The average Bonchev–Trinajstić information content (AvgIpc) is 2.90. The maximum Gasteiger partial charge on any atom is 0.309 e. The number of aliphatic hydroxyl groups excluding tert-OH is 1. The highest BCUT2D eigenvalue weighted by Crippen LogP contribution is 2.41. The van der Waals surface area contributed by atoms with E-state index in [0.717, 1.165) is 37.2 Å². The molecular formula is C29H35ClN2O4S. The van der Waals surface area contributed by atoms with Gasteiger partial charge in [0.05, 0.1) is 29.2 Å². The number of carboxylic acid groups (broad SMARTS) is 1. The van der Waals surface area contributed by atoms with Crippen molar-refractivity contribution >= 4 is 40.2 Å². The fourth-order valence-electron chi connectivity index (χ4n) is 5.15. The molecule has 1 fully saturated rings. The number of aromatic nitrogens is 1. The van der Waals surface area contributed by atoms with Crippen LogP contribution < -0.4 is 4.74 Å². The Morgan fingerprint density at radius 3 is 2.73 bits per heavy atom. The number of carboxylic acids is 1. The van der Waals surface area contributed by atoms with Gasteiger partial charge in [-0.1, -0.05) is 29.3 Å². The van der Waals surface area contributed by atoms with Gasteiger partial charge in [0.2, 0.25) is 0 Å². The lowest BCUT2D eigenvalue weighted by Crippen LogP contribution is -2.44. The fraction of sp³-hybridized carbons (Fsp3) is 0.448. The molecule has 0 spiro atoms. The first kappa shape index (κ1) is 27.7. The molecule has 1 aliphatic rings. The minimum Gasteiger partial charge on any atom is -0.497 e. The molecular weight excluding hydrogens is 508 g/mol. The van der Waals surface area contributed by atoms with Gasteiger partial charge in [0.15, 0.2) is 0 Å². The molecule has 1 saturated heterocycles. The quantitative estimate of drug-likeness (QED) is 0.215. The van der Waals surface area contributed by atoms with E-state index in [9.17, 15) is 15.0 Å². The van der Waals surface area contributed by atoms with Crippen LogP contribution in [-0.4, -0.2) is 58.6 Å². The minimum atomic E-state index is -0.891. The summed E-state index contributed by atoms with van der Waals surface area (Å²) in [4.78, 5) is 20.4. The Morgan fingerprint density at radius 1 is 1.24 bits per heavy atom. The highest BCUT2D eigenvalue weighted by atomic mass is 35.5. The molecule has 0 aliphatic carbocycles. The average molecular weight is 543 g/mol. The third-order valence-electron chi connectivity index (χ3n) is 7.44. The van der Waals surface area contributed by atoms with Crippen LogP contribution >= 0.6 is 23.4 Å². The second-order valence-corrected chi connectivity index (χ2v) is 11.5. The van der Waals surface area contributed by atoms with Gasteiger partial charge in [-0.2, -0.15) is 0 Å². The Kier molecular flexibility index (Phi) is 9.35. The van der Waals surface area contributed by atoms with Crippen molar-refractivity contribution in [2.75, 3.05) is 32.5 Å². The number of benzene rings is 2. The van der Waals surface area contributed by atoms with Crippen molar-refractivity contribution < 1.29 is 19.7 Å². The van der Waals surface area contributed by atoms with Crippen molar-refractivity contribution in [3.05, 3.63) is 64.8 Å². The number of aliphatic carboxylic acids is 1. The number of aliphatic hydroxyl groups is 1. The zero-order valence-electron chi connectivity index (χ0n) is 21.5. The van der Waals surface area contributed by atoms with Crippen molar-refractivity contribution in [1.82, 2.24) is 9.88 Å². The monoisotopic (exact) mass is 542 g/mol. The van der Waals surface area contributed by atoms with Gasteiger partial charge in [-0.25, -0.2) is 0 Å². The van der Waals surface area contributed by atoms with Crippen LogP contribution in [0.2, 0.25) is 5.02 Å². The molecule has 4 rings (SSSR count). The lowest BCUT2D eigenvalue weighted by molar-refractivity contribution is -0.153. The molecule has 2 aromatic carbocycles. The standard InChI is InChI=1S/C29H35ClN2O4S/c1-20-5-3-6-22(17-20)37-16-4-13-32-14-11-29(12-15-32,28(34)35)10-9-26(33)27-23-18-21(36-2)7-8-25(23)31-19-24(27)30/h3,5-8,17-19,26,33H,4,9-16H2,1-2H3,(H,34,35). The number of ether oxygens (including phenoxy) is 1. The first-order valence-corrected chi connectivity index (χ1v) is 14.1. The smallest absolute Gasteiger partial charge is 0.309 e. The van der Waals surface area contributed by atoms with E-state index in [1.54, 1.807) is 7.11 Å². The Balaban J connectivity index is 1.33. The number of hydrogen-bond acceptors (Lipinski definition) is 6. The summed E-state index contributed by atoms with van der Waals surface area (Å²) in [7, 11) is 1.58. The zero-order chi connectivity index (χ0) is 26.4. The normalized spacial score (nSPS) is 16.5. The molecule has 198 valence electrons. The Labute approximate surface area is 228 Å². The largest absolute Gasteiger partial charge is 0.497 e. The Hall–Kier alpha value is -2.32. The molecule has 0 radical (unpaired) electrons. The SMILES string of the molecule is COc1ccc2ncc(Cl)c(C(O)CCC3(C(=O)O)CCN(CCCSc4cccc(C)c4)CC3)c2c1. The van der Waals surface area contributed by atoms with E-state index in [2.05, 4.69) is 41.1 Å². The number of likely N-dealkylation sites (tertiary alicyclic amines) is 1. The van der Waals surface area contributed by atoms with Crippen LogP contribution in [0, 0.1) is 12.3 Å². The van der Waals surface area contributed by atoms with Crippen LogP contribution in [0.15, 0.2) is 53.6 Å². The summed E-state index contributed by atoms with van der Waals surface area (Å²) in [5.74, 6) is 0.917. The molecule has 3 aromatic rings. The predicted molar refractivity (Wildman–Crippen MR) is 150 cm³/mol. The number of nitrogens with zero attached hydrogens (tertiary/aromatic N) is 2. The molecule has 2 N–H and O–H groups in total. The van der Waals surface area contributed by atoms with Crippen LogP contribution in [0.4, 0.5) is 0 Å². The summed E-state index contributed by atoms with van der Waals surface area (Å²) in [5.41, 5.74) is 1.73. The number of rotatable bonds is 11. The van der Waals surface area contributed by atoms with Crippen LogP contribution in [0.1, 0.15) is 49.3 Å². The van der Waals surface area contributed by atoms with Gasteiger partial charge in [0.25, 0.3) is 0 Å². The molecule has 2 heterocycles. The topological polar surface area (TPSA) is 82.9 Å². The lowest BCUT2D eigenvalue weighted by Gasteiger charge is -2.39. The van der Waals surface area contributed by atoms with Gasteiger partial charge in [-0.3, -0.25) is 9.78 Å². The number of halogens is 1. The molecule has 37 heavy (non-hydrogen) atoms. The van der Waals surface area contributed by atoms with Gasteiger partial charge in [-0.05, 0) is 94.7 Å². The van der Waals surface area contributed by atoms with Gasteiger partial charge >= 0.3 is 5.97 Å². The van der Waals surface area contributed by atoms with Crippen molar-refractivity contribution in [2.24, 2.45) is 5.41 Å². The first-order chi connectivity index (χ1) is 17.8. The Bertz CT molecular complexity index is 1230. The number of fused-ring (bicyclic) bond motifs is 1. The van der Waals surface area contributed by atoms with Crippen LogP contribution in [0.3, 0.4) is 0 Å². The predicted octanol–water partition coefficient (Wildman–Crippen LogP) is 6.37. The van der Waals surface area contributed by atoms with Crippen molar-refractivity contribution in [2.45, 2.75) is 50.0 Å². The minimum absolute atomic E-state index is 0.315. The second-order valence-electron chi connectivity index (χ2n) is 9.90. The number of pyridine rings is 1. The summed E-state index contributed by atoms with van der Waals surface area (Å²) < 4.78 is 5.34. The molecule has 0 saturated carbocycles. The molecule has 1 aliphatic heterocycles. The summed E-state index contributed by atoms with van der Waals surface area (Å²) in [6, 6.07) is 14.0. The first-order valence-electron chi connectivity index (χ1n) is 12.8. The van der Waals surface area contributed by atoms with E-state index in [4.69, 9.17) is 16.3 Å². The summed E-state index contributed by atoms with van der Waals surface area (Å²) in [5, 5.41) is 22.4. The number of thioether (sulfide) groups is 1. The van der Waals surface area contributed by atoms with Gasteiger partial charge < -0.3 is 19.8 Å². The number of aryl methyl sites for hydroxylation is 1. The lowest BCUT2D eigenvalue weighted by atomic mass is 9.74. The number of methoxy groups -OCH3 is 1. The summed E-state index contributed by atoms with van der Waals surface area (Å²) in [6.45, 7) is 4.59. The Morgan fingerprint density at radius 2 is 2.03 bits per heavy atom. The van der Waals surface area contributed by atoms with Crippen molar-refractivity contribution in [3.63, 3.8) is 0 Å². The summed E-state index contributed by atoms with van der Waals surface area (Å²) in [6.07, 6.45) is 3.59. The third kappa shape index (κ3) is 6.77. The van der Waals surface area contributed by atoms with E-state index in [0.29, 0.717) is 47.5 Å². The highest BCUT2D eigenvalue weighted by molar-refractivity contribution is 7.99. The molecule has 1 atom stereocenters. The number of piperidine rings is 1. The number of carbonyl (C=O) groups is 1. The third-order valence-corrected chi connectivity index (χ3v) is 8.82. The molecule has 0 amide bonds. The fourth-order valence-corrected chi connectivity index (χ4v) is 6.38. The van der Waals surface area contributed by atoms with Crippen molar-refractivity contribution in [3.8, 4) is 5.75 Å². The summed E-state index contributed by atoms with van der Waals surface area (Å²) >= 11 is 8.32. The molecule has 1 unspecified atom stereocenters. The van der Waals surface area contributed by atoms with E-state index < -0.39 is 17.5 Å². The second kappa shape index (κ2) is 12.5. The van der Waals surface area contributed by atoms with Crippen LogP contribution in [0.5, 0.6) is 5.75 Å². The van der Waals surface area contributed by atoms with E-state index >= 15 is 0 Å². The van der Waals surface area contributed by atoms with E-state index in [1.807, 2.05) is 30.0 Å². The van der Waals surface area contributed by atoms with Crippen LogP contribution in [-0.2, 0) is 4.79 Å². The van der Waals surface area contributed by atoms with Gasteiger partial charge in [0.1, 0.15) is 5.75 Å². The van der Waals surface area contributed by atoms with Gasteiger partial charge in [0, 0.05) is 22.0 Å². The molecule has 8 heteroatoms.